The van der Waals surface area contributed by atoms with Gasteiger partial charge in [-0.05, 0) is 239 Å². The Bertz CT molecular complexity index is 5270. The van der Waals surface area contributed by atoms with Crippen molar-refractivity contribution in [1.82, 2.24) is 19.6 Å². The highest BCUT2D eigenvalue weighted by Gasteiger charge is 2.73. The molecular formula is C98H127F2N15O14. The third-order valence-electron chi connectivity index (χ3n) is 31.9. The van der Waals surface area contributed by atoms with E-state index in [9.17, 15) is 43.7 Å². The first-order chi connectivity index (χ1) is 61.6. The second kappa shape index (κ2) is 35.3. The summed E-state index contributed by atoms with van der Waals surface area (Å²) >= 11 is 0. The second-order valence-corrected chi connectivity index (χ2v) is 40.1. The number of alkyl halides is 1. The quantitative estimate of drug-likeness (QED) is 0.0911. The lowest BCUT2D eigenvalue weighted by molar-refractivity contribution is -0.164. The van der Waals surface area contributed by atoms with Gasteiger partial charge in [0.05, 0.1) is 151 Å². The Balaban J connectivity index is 0.000000126. The van der Waals surface area contributed by atoms with E-state index in [4.69, 9.17) is 90.3 Å². The molecule has 7 fully saturated rings. The number of methoxy groups -OCH3 is 4. The Morgan fingerprint density at radius 3 is 1.26 bits per heavy atom. The van der Waals surface area contributed by atoms with Crippen LogP contribution in [0, 0.1) is 97.0 Å². The van der Waals surface area contributed by atoms with Gasteiger partial charge in [-0.25, -0.2) is 28.8 Å². The molecule has 8 N–H and O–H groups in total. The number of ether oxygens (including phenoxy) is 10. The van der Waals surface area contributed by atoms with E-state index in [1.807, 2.05) is 42.5 Å². The minimum absolute atomic E-state index is 0.0601. The Labute approximate surface area is 755 Å². The van der Waals surface area contributed by atoms with Gasteiger partial charge in [-0.15, -0.1) is 0 Å². The fraction of sp³-hybridized carbons (Fsp3) is 0.643. The van der Waals surface area contributed by atoms with Gasteiger partial charge in [0, 0.05) is 50.1 Å². The van der Waals surface area contributed by atoms with E-state index in [0.29, 0.717) is 107 Å². The first-order valence-corrected chi connectivity index (χ1v) is 46.1. The van der Waals surface area contributed by atoms with Crippen molar-refractivity contribution in [1.29, 1.82) is 15.8 Å². The van der Waals surface area contributed by atoms with Crippen molar-refractivity contribution in [2.45, 2.75) is 235 Å². The molecule has 31 heteroatoms. The molecular weight excluding hydrogens is 1650 g/mol. The number of nitrogens with zero attached hydrogens (tertiary/aromatic N) is 11. The number of halogens is 2. The standard InChI is InChI=1S/C25H33FN4O2.C25H32N4O4.C24H32FN3O4.C24H30N4O4/c1-6-17-11-24(10-15(2)20(17)32-5)12-18-8-7-16(13-27)9-19(18)25(24)21(31)30(22(28)29-25)14-23(3,4)26;1-3-17-11-24(7-6-21(17)31-2)12-18-5-4-16(13-26)10-20(18)25(24)22(30)29(23(27)28-25)14-19-15-32-8-9-33-19;1-14-10-23(11-15(2)19(14)30-4)12-16-5-6-17(25)9-18(16)24(23)20(29)28(21(26)27-24)13-22(3)31-7-8-32-22;1-15-10-23(6-5-20(15)30-2)11-17-4-3-16(12-25)9-19(17)24(23)21(29)28(22(26)27-24)13-18-14-31-7-8-32-18/h7-9,15,17,20H,6,10-12,14H2,1-5H3,(H2,28,29);4-5,10,17,19,21H,3,6-9,11-12,14-15H2,1-2H3,(H2,27,28);5-6,9,14-15,19H,7-8,10-13H2,1-4H3,(H2,26,27);3-4,9,15,18,20H,5-8,10-11,13-14H2,1-2H3,(H2,26,27)/t15-,17+,20+,24+,25+;17-,19+,21-,24-,25-;14-,15+,19?,23?,24-;15-,18?,20-,23-,24+/m0110/s1. The maximum absolute atomic E-state index is 14.6. The van der Waals surface area contributed by atoms with Gasteiger partial charge in [0.15, 0.2) is 51.8 Å². The number of hydrogen-bond donors (Lipinski definition) is 4. The third kappa shape index (κ3) is 15.2. The number of fused-ring (bicyclic) bond motifs is 12. The molecule has 3 saturated heterocycles. The number of carbonyl (C=O) groups is 4. The summed E-state index contributed by atoms with van der Waals surface area (Å²) in [5, 5.41) is 28.7. The summed E-state index contributed by atoms with van der Waals surface area (Å²) < 4.78 is 86.4. The number of benzene rings is 4. The molecule has 3 unspecified atom stereocenters. The van der Waals surface area contributed by atoms with Crippen LogP contribution in [0.1, 0.15) is 201 Å². The van der Waals surface area contributed by atoms with Gasteiger partial charge in [0.25, 0.3) is 23.6 Å². The molecule has 8 aliphatic carbocycles. The number of nitrogens with two attached hydrogens (primary N) is 4. The topological polar surface area (TPSA) is 398 Å². The smallest absolute Gasteiger partial charge is 0.262 e. The molecule has 4 amide bonds. The predicted molar refractivity (Wildman–Crippen MR) is 475 cm³/mol. The van der Waals surface area contributed by atoms with Crippen LogP contribution in [0.25, 0.3) is 0 Å². The Morgan fingerprint density at radius 2 is 0.845 bits per heavy atom. The summed E-state index contributed by atoms with van der Waals surface area (Å²) in [5.74, 6) is 0.177. The van der Waals surface area contributed by atoms with Crippen molar-refractivity contribution in [2.24, 2.45) is 100 Å². The Hall–Kier alpha value is -9.43. The minimum atomic E-state index is -1.61. The first-order valence-electron chi connectivity index (χ1n) is 46.1. The van der Waals surface area contributed by atoms with Crippen LogP contribution in [0.4, 0.5) is 8.78 Å². The van der Waals surface area contributed by atoms with E-state index in [1.165, 1.54) is 35.8 Å². The van der Waals surface area contributed by atoms with Crippen LogP contribution in [0.15, 0.2) is 92.8 Å². The van der Waals surface area contributed by atoms with Crippen LogP contribution < -0.4 is 22.9 Å². The number of aliphatic imine (C=N–C) groups is 4. The molecule has 129 heavy (non-hydrogen) atoms. The molecule has 8 spiro atoms. The summed E-state index contributed by atoms with van der Waals surface area (Å²) in [7, 11) is 7.02. The molecule has 4 saturated carbocycles. The highest BCUT2D eigenvalue weighted by atomic mass is 19.1. The monoisotopic (exact) mass is 1780 g/mol. The van der Waals surface area contributed by atoms with Crippen molar-refractivity contribution in [3.05, 3.63) is 140 Å². The fourth-order valence-electron chi connectivity index (χ4n) is 26.8. The summed E-state index contributed by atoms with van der Waals surface area (Å²) in [4.78, 5) is 82.6. The molecule has 15 aliphatic rings. The van der Waals surface area contributed by atoms with E-state index < -0.39 is 49.9 Å². The van der Waals surface area contributed by atoms with Crippen LogP contribution in [-0.4, -0.2) is 223 Å². The molecule has 692 valence electrons. The van der Waals surface area contributed by atoms with Gasteiger partial charge in [-0.2, -0.15) is 15.8 Å². The zero-order valence-corrected chi connectivity index (χ0v) is 76.9. The van der Waals surface area contributed by atoms with E-state index in [2.05, 4.69) is 59.8 Å². The number of nitriles is 3. The van der Waals surface area contributed by atoms with Crippen molar-refractivity contribution < 1.29 is 75.3 Å². The fourth-order valence-corrected chi connectivity index (χ4v) is 26.8. The molecule has 19 rings (SSSR count). The molecule has 0 radical (unpaired) electrons. The molecule has 0 aromatic heterocycles. The maximum Gasteiger partial charge on any atom is 0.262 e. The van der Waals surface area contributed by atoms with Crippen molar-refractivity contribution in [3.8, 4) is 18.2 Å². The van der Waals surface area contributed by atoms with E-state index in [1.54, 1.807) is 63.4 Å². The van der Waals surface area contributed by atoms with Crippen LogP contribution in [-0.2, 0) is 114 Å². The summed E-state index contributed by atoms with van der Waals surface area (Å²) in [6, 6.07) is 28.2. The Morgan fingerprint density at radius 1 is 0.473 bits per heavy atom. The largest absolute Gasteiger partial charge is 0.381 e. The second-order valence-electron chi connectivity index (χ2n) is 40.1. The highest BCUT2D eigenvalue weighted by Crippen LogP contribution is 2.69. The van der Waals surface area contributed by atoms with Crippen LogP contribution >= 0.6 is 0 Å². The van der Waals surface area contributed by atoms with Crippen LogP contribution in [0.3, 0.4) is 0 Å². The average molecular weight is 1780 g/mol. The molecule has 4 aromatic carbocycles. The number of rotatable bonds is 14. The van der Waals surface area contributed by atoms with Gasteiger partial charge < -0.3 is 70.3 Å². The number of amides is 4. The number of carbonyl (C=O) groups excluding carboxylic acids is 4. The highest BCUT2D eigenvalue weighted by molar-refractivity contribution is 6.11. The zero-order valence-electron chi connectivity index (χ0n) is 76.9. The van der Waals surface area contributed by atoms with Crippen molar-refractivity contribution in [3.63, 3.8) is 0 Å². The molecule has 7 aliphatic heterocycles. The van der Waals surface area contributed by atoms with E-state index >= 15 is 0 Å². The maximum atomic E-state index is 14.6. The average Bonchev–Trinajstić information content (AvgIpc) is 1.53. The lowest BCUT2D eigenvalue weighted by Gasteiger charge is -2.51. The molecule has 29 nitrogen and oxygen atoms in total. The normalized spacial score (nSPS) is 36.1. The van der Waals surface area contributed by atoms with E-state index in [-0.39, 0.29) is 138 Å². The predicted octanol–water partition coefficient (Wildman–Crippen LogP) is 10.0. The van der Waals surface area contributed by atoms with Gasteiger partial charge in [-0.1, -0.05) is 78.6 Å². The van der Waals surface area contributed by atoms with E-state index in [0.717, 1.165) is 129 Å². The lowest BCUT2D eigenvalue weighted by Crippen LogP contribution is -2.57. The van der Waals surface area contributed by atoms with Gasteiger partial charge in [0.2, 0.25) is 0 Å². The van der Waals surface area contributed by atoms with Gasteiger partial charge in [-0.3, -0.25) is 38.8 Å². The van der Waals surface area contributed by atoms with Crippen molar-refractivity contribution >= 4 is 47.5 Å². The van der Waals surface area contributed by atoms with Crippen LogP contribution in [0.2, 0.25) is 0 Å². The van der Waals surface area contributed by atoms with Crippen LogP contribution in [0.5, 0.6) is 0 Å². The molecule has 0 bridgehead atoms. The lowest BCUT2D eigenvalue weighted by atomic mass is 9.56. The summed E-state index contributed by atoms with van der Waals surface area (Å²) in [6.45, 7) is 22.2. The zero-order chi connectivity index (χ0) is 92.1. The number of hydrogen-bond acceptors (Lipinski definition) is 25. The Kier molecular flexibility index (Phi) is 25.4. The summed E-state index contributed by atoms with van der Waals surface area (Å²) in [6.07, 6.45) is 12.8. The molecule has 20 atom stereocenters. The van der Waals surface area contributed by atoms with Gasteiger partial charge in [0.1, 0.15) is 11.5 Å². The third-order valence-corrected chi connectivity index (χ3v) is 31.9. The molecule has 4 aromatic rings. The summed E-state index contributed by atoms with van der Waals surface area (Å²) in [5.41, 5.74) is 26.2. The SMILES string of the molecule is CC[C@@H]1C[C@@]2(Cc3ccc(C#N)cc3[C@]23N=C(N)N(CC(C)(C)F)C3=O)C[C@H](C)[C@H]1OC.CC[C@@H]1C[C@]2(CC[C@H]1OC)Cc1ccc(C#N)cc1[C@]21N=C(N)N(C[C@H]2COCCO2)C1=O.COC1[C@H](C)CC2(Cc3ccc(F)cc3[C@]23N=C(N)N(CC2(C)OCCO2)C3=O)C[C@@H]1C.CO[C@H]1CC[C@@]2(Cc3ccc(C#N)cc3[C@]23N=C(N)N(CC2COCCO2)C3=O)C[C@@H]1C. The van der Waals surface area contributed by atoms with Crippen molar-refractivity contribution in [2.75, 3.05) is 107 Å². The number of guanidine groups is 4. The van der Waals surface area contributed by atoms with Gasteiger partial charge >= 0.3 is 0 Å². The molecule has 7 heterocycles. The first kappa shape index (κ1) is 92.8. The minimum Gasteiger partial charge on any atom is -0.381 e.